The number of aryl methyl sites for hydroxylation is 1. The molecule has 1 aromatic heterocycles. The van der Waals surface area contributed by atoms with Crippen molar-refractivity contribution in [3.63, 3.8) is 0 Å². The number of aromatic nitrogens is 2. The highest BCUT2D eigenvalue weighted by Gasteiger charge is 2.43. The van der Waals surface area contributed by atoms with Crippen LogP contribution in [0.1, 0.15) is 43.0 Å². The number of ether oxygens (including phenoxy) is 1. The van der Waals surface area contributed by atoms with Gasteiger partial charge in [0, 0.05) is 32.1 Å². The Morgan fingerprint density at radius 1 is 1.16 bits per heavy atom. The zero-order chi connectivity index (χ0) is 17.3. The largest absolute Gasteiger partial charge is 0.393 e. The molecule has 2 aliphatic rings. The minimum absolute atomic E-state index is 0.0183. The number of benzene rings is 1. The summed E-state index contributed by atoms with van der Waals surface area (Å²) in [5, 5.41) is 10.5. The van der Waals surface area contributed by atoms with Gasteiger partial charge in [-0.3, -0.25) is 4.98 Å². The van der Waals surface area contributed by atoms with E-state index in [1.807, 2.05) is 31.3 Å². The Balaban J connectivity index is 1.47. The quantitative estimate of drug-likeness (QED) is 0.911. The Morgan fingerprint density at radius 2 is 1.92 bits per heavy atom. The second-order valence-corrected chi connectivity index (χ2v) is 7.30. The van der Waals surface area contributed by atoms with E-state index in [1.165, 1.54) is 0 Å². The molecule has 0 amide bonds. The molecule has 1 spiro atoms. The van der Waals surface area contributed by atoms with Crippen molar-refractivity contribution in [1.29, 1.82) is 0 Å². The number of hydrogen-bond donors (Lipinski definition) is 1. The van der Waals surface area contributed by atoms with Crippen LogP contribution in [0.4, 0.5) is 5.82 Å². The Bertz CT molecular complexity index is 714. The number of hydrogen-bond acceptors (Lipinski definition) is 5. The normalized spacial score (nSPS) is 25.9. The third-order valence-electron chi connectivity index (χ3n) is 5.40. The molecule has 5 heteroatoms. The molecular weight excluding hydrogens is 314 g/mol. The maximum atomic E-state index is 10.5. The smallest absolute Gasteiger partial charge is 0.147 e. The number of aliphatic hydroxyl groups is 1. The first-order chi connectivity index (χ1) is 12.1. The van der Waals surface area contributed by atoms with Crippen molar-refractivity contribution in [2.24, 2.45) is 0 Å². The van der Waals surface area contributed by atoms with Crippen molar-refractivity contribution in [3.8, 4) is 0 Å². The van der Waals surface area contributed by atoms with Gasteiger partial charge in [-0.25, -0.2) is 4.98 Å². The number of aliphatic hydroxyl groups excluding tert-OH is 1. The Hall–Kier alpha value is -1.98. The molecule has 2 saturated heterocycles. The molecule has 132 valence electrons. The summed E-state index contributed by atoms with van der Waals surface area (Å²) < 4.78 is 6.56. The minimum Gasteiger partial charge on any atom is -0.393 e. The lowest BCUT2D eigenvalue weighted by molar-refractivity contribution is -0.173. The van der Waals surface area contributed by atoms with E-state index in [2.05, 4.69) is 27.0 Å². The first kappa shape index (κ1) is 16.5. The second kappa shape index (κ2) is 6.73. The molecule has 2 atom stereocenters. The molecule has 0 saturated carbocycles. The standard InChI is InChI=1S/C20H25N3O2/c1-15-13-21-14-19(22-15)23-9-7-20(8-10-23)12-17(24)11-18(25-20)16-5-3-2-4-6-16/h2-6,13-14,17-18,24H,7-12H2,1H3/t17-,18+/m0/s1. The van der Waals surface area contributed by atoms with Crippen molar-refractivity contribution in [1.82, 2.24) is 9.97 Å². The van der Waals surface area contributed by atoms with Crippen LogP contribution in [0.2, 0.25) is 0 Å². The van der Waals surface area contributed by atoms with Crippen LogP contribution in [0.25, 0.3) is 0 Å². The van der Waals surface area contributed by atoms with E-state index >= 15 is 0 Å². The van der Waals surface area contributed by atoms with Gasteiger partial charge in [0.05, 0.1) is 29.7 Å². The third-order valence-corrected chi connectivity index (χ3v) is 5.40. The SMILES string of the molecule is Cc1cncc(N2CCC3(CC2)C[C@@H](O)C[C@H](c2ccccc2)O3)n1. The van der Waals surface area contributed by atoms with Crippen molar-refractivity contribution >= 4 is 5.82 Å². The molecule has 4 rings (SSSR count). The van der Waals surface area contributed by atoms with E-state index in [-0.39, 0.29) is 17.8 Å². The zero-order valence-electron chi connectivity index (χ0n) is 14.6. The van der Waals surface area contributed by atoms with Crippen molar-refractivity contribution < 1.29 is 9.84 Å². The molecule has 0 radical (unpaired) electrons. The van der Waals surface area contributed by atoms with E-state index in [9.17, 15) is 5.11 Å². The number of piperidine rings is 1. The summed E-state index contributed by atoms with van der Waals surface area (Å²) in [5.74, 6) is 0.936. The highest BCUT2D eigenvalue weighted by molar-refractivity contribution is 5.37. The lowest BCUT2D eigenvalue weighted by Gasteiger charge is -2.48. The number of rotatable bonds is 2. The van der Waals surface area contributed by atoms with E-state index in [0.717, 1.165) is 49.4 Å². The second-order valence-electron chi connectivity index (χ2n) is 7.30. The van der Waals surface area contributed by atoms with E-state index < -0.39 is 0 Å². The van der Waals surface area contributed by atoms with Crippen molar-refractivity contribution in [2.45, 2.75) is 50.4 Å². The van der Waals surface area contributed by atoms with Gasteiger partial charge in [-0.15, -0.1) is 0 Å². The van der Waals surface area contributed by atoms with Crippen molar-refractivity contribution in [2.75, 3.05) is 18.0 Å². The summed E-state index contributed by atoms with van der Waals surface area (Å²) in [6, 6.07) is 10.3. The topological polar surface area (TPSA) is 58.5 Å². The number of anilines is 1. The Labute approximate surface area is 148 Å². The third kappa shape index (κ3) is 3.53. The molecule has 1 aromatic carbocycles. The molecule has 5 nitrogen and oxygen atoms in total. The average molecular weight is 339 g/mol. The van der Waals surface area contributed by atoms with Crippen LogP contribution in [0, 0.1) is 6.92 Å². The van der Waals surface area contributed by atoms with Crippen LogP contribution < -0.4 is 4.90 Å². The van der Waals surface area contributed by atoms with Gasteiger partial charge >= 0.3 is 0 Å². The lowest BCUT2D eigenvalue weighted by Crippen LogP contribution is -2.51. The van der Waals surface area contributed by atoms with Gasteiger partial charge in [0.2, 0.25) is 0 Å². The maximum Gasteiger partial charge on any atom is 0.147 e. The summed E-state index contributed by atoms with van der Waals surface area (Å²) in [6.07, 6.45) is 6.50. The summed E-state index contributed by atoms with van der Waals surface area (Å²) in [6.45, 7) is 3.73. The van der Waals surface area contributed by atoms with Gasteiger partial charge in [0.25, 0.3) is 0 Å². The first-order valence-electron chi connectivity index (χ1n) is 9.08. The molecule has 2 aromatic rings. The summed E-state index contributed by atoms with van der Waals surface area (Å²) in [5.41, 5.74) is 1.87. The van der Waals surface area contributed by atoms with Gasteiger partial charge in [-0.2, -0.15) is 0 Å². The van der Waals surface area contributed by atoms with Crippen LogP contribution in [0.15, 0.2) is 42.7 Å². The summed E-state index contributed by atoms with van der Waals surface area (Å²) in [7, 11) is 0. The summed E-state index contributed by atoms with van der Waals surface area (Å²) >= 11 is 0. The van der Waals surface area contributed by atoms with Crippen LogP contribution in [-0.2, 0) is 4.74 Å². The Morgan fingerprint density at radius 3 is 2.64 bits per heavy atom. The molecule has 1 N–H and O–H groups in total. The van der Waals surface area contributed by atoms with Crippen molar-refractivity contribution in [3.05, 3.63) is 54.0 Å². The predicted molar refractivity (Wildman–Crippen MR) is 96.5 cm³/mol. The highest BCUT2D eigenvalue weighted by atomic mass is 16.5. The van der Waals surface area contributed by atoms with E-state index in [4.69, 9.17) is 4.74 Å². The van der Waals surface area contributed by atoms with Crippen LogP contribution in [0.3, 0.4) is 0 Å². The molecule has 0 unspecified atom stereocenters. The van der Waals surface area contributed by atoms with Crippen LogP contribution >= 0.6 is 0 Å². The zero-order valence-corrected chi connectivity index (χ0v) is 14.6. The van der Waals surface area contributed by atoms with E-state index in [0.29, 0.717) is 6.42 Å². The fourth-order valence-corrected chi connectivity index (χ4v) is 4.10. The average Bonchev–Trinajstić information content (AvgIpc) is 2.62. The molecule has 25 heavy (non-hydrogen) atoms. The van der Waals surface area contributed by atoms with Crippen LogP contribution in [0.5, 0.6) is 0 Å². The monoisotopic (exact) mass is 339 g/mol. The molecule has 2 aliphatic heterocycles. The van der Waals surface area contributed by atoms with Gasteiger partial charge in [0.15, 0.2) is 0 Å². The van der Waals surface area contributed by atoms with Gasteiger partial charge in [0.1, 0.15) is 5.82 Å². The molecular formula is C20H25N3O2. The van der Waals surface area contributed by atoms with E-state index in [1.54, 1.807) is 6.20 Å². The van der Waals surface area contributed by atoms with Crippen LogP contribution in [-0.4, -0.2) is 39.9 Å². The lowest BCUT2D eigenvalue weighted by atomic mass is 9.81. The fourth-order valence-electron chi connectivity index (χ4n) is 4.10. The number of nitrogens with zero attached hydrogens (tertiary/aromatic N) is 3. The molecule has 2 fully saturated rings. The Kier molecular flexibility index (Phi) is 4.44. The summed E-state index contributed by atoms with van der Waals surface area (Å²) in [4.78, 5) is 11.1. The van der Waals surface area contributed by atoms with Gasteiger partial charge in [-0.1, -0.05) is 30.3 Å². The maximum absolute atomic E-state index is 10.5. The first-order valence-corrected chi connectivity index (χ1v) is 9.08. The highest BCUT2D eigenvalue weighted by Crippen LogP contribution is 2.43. The van der Waals surface area contributed by atoms with Gasteiger partial charge < -0.3 is 14.7 Å². The molecule has 0 aliphatic carbocycles. The predicted octanol–water partition coefficient (Wildman–Crippen LogP) is 3.04. The minimum atomic E-state index is -0.302. The molecule has 0 bridgehead atoms. The molecule has 3 heterocycles. The van der Waals surface area contributed by atoms with Gasteiger partial charge in [-0.05, 0) is 25.3 Å². The fraction of sp³-hybridized carbons (Fsp3) is 0.500.